The standard InChI is InChI=1S/C23H29N2O2/c1-3-27-21-13-9-19(10-14-21)22-17-23(26,20-11-7-18(2)8-12-20)25-16-6-4-5-15-24(22)25/h7-14,26H,3-6,15-17H2,1-2H3/q+1. The maximum absolute atomic E-state index is 11.8. The molecular weight excluding hydrogens is 336 g/mol. The van der Waals surface area contributed by atoms with Crippen LogP contribution in [0.4, 0.5) is 0 Å². The number of aryl methyl sites for hydroxylation is 1. The highest BCUT2D eigenvalue weighted by atomic mass is 16.5. The summed E-state index contributed by atoms with van der Waals surface area (Å²) in [5.74, 6) is 0.890. The zero-order valence-electron chi connectivity index (χ0n) is 16.3. The molecule has 4 heteroatoms. The van der Waals surface area contributed by atoms with E-state index in [1.54, 1.807) is 0 Å². The lowest BCUT2D eigenvalue weighted by atomic mass is 9.94. The summed E-state index contributed by atoms with van der Waals surface area (Å²) < 4.78 is 7.91. The summed E-state index contributed by atoms with van der Waals surface area (Å²) in [4.78, 5) is 0. The summed E-state index contributed by atoms with van der Waals surface area (Å²) in [6.07, 6.45) is 4.07. The van der Waals surface area contributed by atoms with Crippen LogP contribution in [0.15, 0.2) is 48.5 Å². The third kappa shape index (κ3) is 3.34. The maximum Gasteiger partial charge on any atom is 0.225 e. The van der Waals surface area contributed by atoms with Gasteiger partial charge in [-0.3, -0.25) is 0 Å². The molecule has 4 rings (SSSR count). The van der Waals surface area contributed by atoms with Crippen molar-refractivity contribution in [3.8, 4) is 5.75 Å². The minimum Gasteiger partial charge on any atom is -0.494 e. The molecule has 2 aliphatic heterocycles. The van der Waals surface area contributed by atoms with E-state index < -0.39 is 5.72 Å². The van der Waals surface area contributed by atoms with E-state index in [1.807, 2.05) is 19.1 Å². The number of rotatable bonds is 4. The van der Waals surface area contributed by atoms with E-state index in [2.05, 4.69) is 53.0 Å². The van der Waals surface area contributed by atoms with E-state index in [1.165, 1.54) is 17.7 Å². The Labute approximate surface area is 161 Å². The molecule has 2 aromatic rings. The first kappa shape index (κ1) is 18.1. The quantitative estimate of drug-likeness (QED) is 0.836. The molecule has 1 atom stereocenters. The second-order valence-corrected chi connectivity index (χ2v) is 7.57. The molecule has 27 heavy (non-hydrogen) atoms. The van der Waals surface area contributed by atoms with E-state index in [0.717, 1.165) is 42.8 Å². The van der Waals surface area contributed by atoms with Crippen LogP contribution in [0.5, 0.6) is 5.75 Å². The van der Waals surface area contributed by atoms with E-state index in [0.29, 0.717) is 13.0 Å². The highest BCUT2D eigenvalue weighted by Crippen LogP contribution is 2.38. The highest BCUT2D eigenvalue weighted by molar-refractivity contribution is 5.98. The van der Waals surface area contributed by atoms with Crippen LogP contribution in [0, 0.1) is 6.92 Å². The number of aliphatic hydroxyl groups is 1. The van der Waals surface area contributed by atoms with Gasteiger partial charge < -0.3 is 9.84 Å². The van der Waals surface area contributed by atoms with Gasteiger partial charge in [-0.2, -0.15) is 0 Å². The second kappa shape index (κ2) is 7.35. The maximum atomic E-state index is 11.8. The monoisotopic (exact) mass is 365 g/mol. The first-order valence-electron chi connectivity index (χ1n) is 10.1. The fourth-order valence-electron chi connectivity index (χ4n) is 4.26. The molecule has 4 nitrogen and oxygen atoms in total. The molecule has 1 saturated heterocycles. The smallest absolute Gasteiger partial charge is 0.225 e. The molecule has 2 heterocycles. The average Bonchev–Trinajstić information content (AvgIpc) is 2.84. The Morgan fingerprint density at radius 2 is 1.78 bits per heavy atom. The van der Waals surface area contributed by atoms with Crippen molar-refractivity contribution in [3.63, 3.8) is 0 Å². The topological polar surface area (TPSA) is 35.7 Å². The zero-order valence-corrected chi connectivity index (χ0v) is 16.3. The minimum atomic E-state index is -0.980. The molecule has 1 fully saturated rings. The Kier molecular flexibility index (Phi) is 4.92. The van der Waals surface area contributed by atoms with Gasteiger partial charge in [-0.15, -0.1) is 9.69 Å². The molecule has 0 aromatic heterocycles. The van der Waals surface area contributed by atoms with Crippen LogP contribution in [0.25, 0.3) is 0 Å². The highest BCUT2D eigenvalue weighted by Gasteiger charge is 2.52. The average molecular weight is 365 g/mol. The van der Waals surface area contributed by atoms with Crippen LogP contribution in [0.2, 0.25) is 0 Å². The second-order valence-electron chi connectivity index (χ2n) is 7.57. The molecular formula is C23H29N2O2+. The lowest BCUT2D eigenvalue weighted by Gasteiger charge is -2.30. The number of benzene rings is 2. The molecule has 0 saturated carbocycles. The van der Waals surface area contributed by atoms with E-state index in [9.17, 15) is 5.11 Å². The summed E-state index contributed by atoms with van der Waals surface area (Å²) in [6.45, 7) is 6.58. The molecule has 0 aliphatic carbocycles. The van der Waals surface area contributed by atoms with Gasteiger partial charge in [0.15, 0.2) is 6.54 Å². The van der Waals surface area contributed by atoms with Crippen LogP contribution >= 0.6 is 0 Å². The summed E-state index contributed by atoms with van der Waals surface area (Å²) in [5, 5.41) is 14.0. The normalized spacial score (nSPS) is 22.6. The molecule has 2 aromatic carbocycles. The SMILES string of the molecule is CCOc1ccc(C2=[N+]3CCCCCN3C(O)(c3ccc(C)cc3)C2)cc1. The molecule has 0 amide bonds. The number of hydrogen-bond acceptors (Lipinski definition) is 3. The van der Waals surface area contributed by atoms with E-state index in [4.69, 9.17) is 4.74 Å². The lowest BCUT2D eigenvalue weighted by Crippen LogP contribution is -2.46. The predicted octanol–water partition coefficient (Wildman–Crippen LogP) is 3.85. The van der Waals surface area contributed by atoms with Gasteiger partial charge in [0.1, 0.15) is 5.75 Å². The molecule has 1 N–H and O–H groups in total. The van der Waals surface area contributed by atoms with Gasteiger partial charge in [-0.05, 0) is 51.0 Å². The number of hydrogen-bond donors (Lipinski definition) is 1. The Hall–Kier alpha value is -2.33. The van der Waals surface area contributed by atoms with Crippen LogP contribution < -0.4 is 4.74 Å². The van der Waals surface area contributed by atoms with Crippen molar-refractivity contribution in [1.29, 1.82) is 0 Å². The number of hydrazine groups is 1. The first-order chi connectivity index (χ1) is 13.1. The Bertz CT molecular complexity index is 826. The van der Waals surface area contributed by atoms with Crippen molar-refractivity contribution in [1.82, 2.24) is 5.01 Å². The summed E-state index contributed by atoms with van der Waals surface area (Å²) in [7, 11) is 0. The fraction of sp³-hybridized carbons (Fsp3) is 0.435. The largest absolute Gasteiger partial charge is 0.494 e. The number of hydrazone groups is 1. The van der Waals surface area contributed by atoms with E-state index >= 15 is 0 Å². The Morgan fingerprint density at radius 3 is 2.48 bits per heavy atom. The van der Waals surface area contributed by atoms with Crippen molar-refractivity contribution in [3.05, 3.63) is 65.2 Å². The van der Waals surface area contributed by atoms with Crippen molar-refractivity contribution in [2.75, 3.05) is 19.7 Å². The molecule has 2 aliphatic rings. The van der Waals surface area contributed by atoms with Gasteiger partial charge in [-0.1, -0.05) is 29.8 Å². The third-order valence-corrected chi connectivity index (χ3v) is 5.70. The molecule has 0 spiro atoms. The number of nitrogens with zero attached hydrogens (tertiary/aromatic N) is 2. The Morgan fingerprint density at radius 1 is 1.04 bits per heavy atom. The van der Waals surface area contributed by atoms with Crippen molar-refractivity contribution < 1.29 is 14.5 Å². The van der Waals surface area contributed by atoms with Crippen LogP contribution in [0.3, 0.4) is 0 Å². The van der Waals surface area contributed by atoms with Gasteiger partial charge in [0.25, 0.3) is 0 Å². The van der Waals surface area contributed by atoms with Crippen molar-refractivity contribution in [2.24, 2.45) is 0 Å². The lowest BCUT2D eigenvalue weighted by molar-refractivity contribution is -0.706. The van der Waals surface area contributed by atoms with Gasteiger partial charge in [0.05, 0.1) is 19.6 Å². The molecule has 0 radical (unpaired) electrons. The minimum absolute atomic E-state index is 0.601. The number of fused-ring (bicyclic) bond motifs is 1. The summed E-state index contributed by atoms with van der Waals surface area (Å²) in [5.41, 5.74) is 3.56. The summed E-state index contributed by atoms with van der Waals surface area (Å²) in [6, 6.07) is 16.6. The van der Waals surface area contributed by atoms with E-state index in [-0.39, 0.29) is 0 Å². The van der Waals surface area contributed by atoms with Gasteiger partial charge in [0, 0.05) is 17.5 Å². The fourth-order valence-corrected chi connectivity index (χ4v) is 4.26. The first-order valence-corrected chi connectivity index (χ1v) is 10.1. The van der Waals surface area contributed by atoms with Crippen LogP contribution in [-0.2, 0) is 5.72 Å². The van der Waals surface area contributed by atoms with Crippen molar-refractivity contribution in [2.45, 2.75) is 45.3 Å². The van der Waals surface area contributed by atoms with Crippen molar-refractivity contribution >= 4 is 5.71 Å². The van der Waals surface area contributed by atoms with Crippen LogP contribution in [-0.4, -0.2) is 40.2 Å². The third-order valence-electron chi connectivity index (χ3n) is 5.70. The molecule has 0 bridgehead atoms. The Balaban J connectivity index is 1.73. The molecule has 1 unspecified atom stereocenters. The van der Waals surface area contributed by atoms with Gasteiger partial charge in [-0.25, -0.2) is 0 Å². The predicted molar refractivity (Wildman–Crippen MR) is 107 cm³/mol. The van der Waals surface area contributed by atoms with Gasteiger partial charge in [0.2, 0.25) is 11.4 Å². The molecule has 142 valence electrons. The van der Waals surface area contributed by atoms with Gasteiger partial charge >= 0.3 is 0 Å². The zero-order chi connectivity index (χ0) is 18.9. The summed E-state index contributed by atoms with van der Waals surface area (Å²) >= 11 is 0. The van der Waals surface area contributed by atoms with Crippen LogP contribution in [0.1, 0.15) is 49.3 Å². The number of ether oxygens (including phenoxy) is 1.